The largest absolute Gasteiger partial charge is 0.401 e. The van der Waals surface area contributed by atoms with E-state index in [-0.39, 0.29) is 4.91 Å². The summed E-state index contributed by atoms with van der Waals surface area (Å²) in [4.78, 5) is 0.190. The Balaban J connectivity index is 3.13. The summed E-state index contributed by atoms with van der Waals surface area (Å²) >= 11 is 0. The number of nitrogens with two attached hydrogens (primary N) is 2. The Bertz CT molecular complexity index is 377. The van der Waals surface area contributed by atoms with Crippen molar-refractivity contribution in [1.29, 1.82) is 0 Å². The molecule has 0 aliphatic heterocycles. The molecule has 0 aromatic heterocycles. The second kappa shape index (κ2) is 2.85. The van der Waals surface area contributed by atoms with Crippen molar-refractivity contribution >= 4 is 9.84 Å². The summed E-state index contributed by atoms with van der Waals surface area (Å²) in [7, 11) is -3.21. The van der Waals surface area contributed by atoms with Crippen molar-refractivity contribution in [2.45, 2.75) is 18.9 Å². The fraction of sp³-hybridized carbons (Fsp3) is 0.500. The first-order valence-corrected chi connectivity index (χ1v) is 5.78. The van der Waals surface area contributed by atoms with Crippen LogP contribution < -0.4 is 11.5 Å². The molecule has 0 bridgehead atoms. The predicted molar refractivity (Wildman–Crippen MR) is 52.4 cm³/mol. The van der Waals surface area contributed by atoms with Crippen LogP contribution in [0.4, 0.5) is 0 Å². The van der Waals surface area contributed by atoms with Gasteiger partial charge in [-0.1, -0.05) is 6.08 Å². The van der Waals surface area contributed by atoms with Crippen LogP contribution in [-0.4, -0.2) is 20.2 Å². The minimum atomic E-state index is -3.21. The first kappa shape index (κ1) is 10.3. The Morgan fingerprint density at radius 1 is 1.54 bits per heavy atom. The molecule has 0 radical (unpaired) electrons. The van der Waals surface area contributed by atoms with Crippen molar-refractivity contribution in [1.82, 2.24) is 0 Å². The van der Waals surface area contributed by atoms with Gasteiger partial charge in [0.2, 0.25) is 0 Å². The standard InChI is InChI=1S/C8H14N2O2S/c1-8(10)4-3-7(6(9)5-8)13(2,11)12/h3-4H,5,9-10H2,1-2H3. The molecule has 0 aromatic rings. The predicted octanol–water partition coefficient (Wildman–Crippen LogP) is -0.121. The van der Waals surface area contributed by atoms with Crippen LogP contribution in [0.1, 0.15) is 13.3 Å². The first-order chi connectivity index (χ1) is 5.72. The number of hydrogen-bond donors (Lipinski definition) is 2. The normalized spacial score (nSPS) is 29.5. The lowest BCUT2D eigenvalue weighted by molar-refractivity contribution is 0.564. The molecular weight excluding hydrogens is 188 g/mol. The molecular formula is C8H14N2O2S. The van der Waals surface area contributed by atoms with Gasteiger partial charge in [-0.25, -0.2) is 8.42 Å². The van der Waals surface area contributed by atoms with E-state index in [9.17, 15) is 8.42 Å². The molecule has 74 valence electrons. The van der Waals surface area contributed by atoms with Crippen molar-refractivity contribution in [3.63, 3.8) is 0 Å². The maximum absolute atomic E-state index is 11.2. The highest BCUT2D eigenvalue weighted by atomic mass is 32.2. The first-order valence-electron chi connectivity index (χ1n) is 3.89. The monoisotopic (exact) mass is 202 g/mol. The second-order valence-corrected chi connectivity index (χ2v) is 5.66. The van der Waals surface area contributed by atoms with E-state index in [0.717, 1.165) is 6.26 Å². The van der Waals surface area contributed by atoms with Gasteiger partial charge in [0.1, 0.15) is 0 Å². The number of allylic oxidation sites excluding steroid dienone is 1. The van der Waals surface area contributed by atoms with Crippen molar-refractivity contribution in [2.24, 2.45) is 11.5 Å². The quantitative estimate of drug-likeness (QED) is 0.620. The summed E-state index contributed by atoms with van der Waals surface area (Å²) in [6.07, 6.45) is 4.67. The molecule has 4 nitrogen and oxygen atoms in total. The molecule has 0 fully saturated rings. The molecule has 1 aliphatic rings. The van der Waals surface area contributed by atoms with Gasteiger partial charge in [0.15, 0.2) is 9.84 Å². The SMILES string of the molecule is CC1(N)C=CC(S(C)(=O)=O)=C(N)C1. The zero-order chi connectivity index (χ0) is 10.3. The number of rotatable bonds is 1. The molecule has 0 spiro atoms. The van der Waals surface area contributed by atoms with E-state index in [1.54, 1.807) is 13.0 Å². The highest BCUT2D eigenvalue weighted by molar-refractivity contribution is 7.94. The van der Waals surface area contributed by atoms with Crippen molar-refractivity contribution < 1.29 is 8.42 Å². The van der Waals surface area contributed by atoms with Crippen LogP contribution in [0.3, 0.4) is 0 Å². The summed E-state index contributed by atoms with van der Waals surface area (Å²) in [5, 5.41) is 0. The van der Waals surface area contributed by atoms with Gasteiger partial charge >= 0.3 is 0 Å². The van der Waals surface area contributed by atoms with Gasteiger partial charge in [0.05, 0.1) is 4.91 Å². The van der Waals surface area contributed by atoms with Crippen molar-refractivity contribution in [3.05, 3.63) is 22.8 Å². The van der Waals surface area contributed by atoms with E-state index < -0.39 is 15.4 Å². The van der Waals surface area contributed by atoms with Crippen LogP contribution in [0.25, 0.3) is 0 Å². The third-order valence-electron chi connectivity index (χ3n) is 1.90. The van der Waals surface area contributed by atoms with Crippen LogP contribution in [0.15, 0.2) is 22.8 Å². The Labute approximate surface area is 78.2 Å². The lowest BCUT2D eigenvalue weighted by Gasteiger charge is -2.25. The van der Waals surface area contributed by atoms with E-state index in [0.29, 0.717) is 12.1 Å². The molecule has 1 aliphatic carbocycles. The molecule has 13 heavy (non-hydrogen) atoms. The van der Waals surface area contributed by atoms with Crippen LogP contribution >= 0.6 is 0 Å². The zero-order valence-electron chi connectivity index (χ0n) is 7.74. The Hall–Kier alpha value is -0.810. The summed E-state index contributed by atoms with van der Waals surface area (Å²) in [6.45, 7) is 1.80. The zero-order valence-corrected chi connectivity index (χ0v) is 8.56. The van der Waals surface area contributed by atoms with Gasteiger partial charge in [-0.05, 0) is 13.0 Å². The van der Waals surface area contributed by atoms with E-state index in [4.69, 9.17) is 11.5 Å². The molecule has 0 aromatic carbocycles. The lowest BCUT2D eigenvalue weighted by atomic mass is 9.93. The van der Waals surface area contributed by atoms with Gasteiger partial charge in [0, 0.05) is 23.9 Å². The summed E-state index contributed by atoms with van der Waals surface area (Å²) in [6, 6.07) is 0. The molecule has 1 rings (SSSR count). The minimum Gasteiger partial charge on any atom is -0.401 e. The Kier molecular flexibility index (Phi) is 2.25. The Morgan fingerprint density at radius 3 is 2.46 bits per heavy atom. The van der Waals surface area contributed by atoms with Crippen molar-refractivity contribution in [2.75, 3.05) is 6.26 Å². The number of hydrogen-bond acceptors (Lipinski definition) is 4. The van der Waals surface area contributed by atoms with E-state index in [1.807, 2.05) is 0 Å². The highest BCUT2D eigenvalue weighted by Crippen LogP contribution is 2.24. The smallest absolute Gasteiger partial charge is 0.177 e. The number of sulfone groups is 1. The lowest BCUT2D eigenvalue weighted by Crippen LogP contribution is -2.37. The molecule has 1 unspecified atom stereocenters. The molecule has 4 N–H and O–H groups in total. The van der Waals surface area contributed by atoms with Gasteiger partial charge in [-0.15, -0.1) is 0 Å². The fourth-order valence-corrected chi connectivity index (χ4v) is 2.15. The van der Waals surface area contributed by atoms with E-state index >= 15 is 0 Å². The summed E-state index contributed by atoms with van der Waals surface area (Å²) < 4.78 is 22.4. The average Bonchev–Trinajstić information content (AvgIpc) is 1.80. The van der Waals surface area contributed by atoms with Crippen LogP contribution in [0, 0.1) is 0 Å². The third kappa shape index (κ3) is 2.32. The fourth-order valence-electron chi connectivity index (χ4n) is 1.29. The maximum Gasteiger partial charge on any atom is 0.177 e. The van der Waals surface area contributed by atoms with Gasteiger partial charge < -0.3 is 11.5 Å². The third-order valence-corrected chi connectivity index (χ3v) is 3.10. The second-order valence-electron chi connectivity index (χ2n) is 3.68. The van der Waals surface area contributed by atoms with Gasteiger partial charge in [0.25, 0.3) is 0 Å². The highest BCUT2D eigenvalue weighted by Gasteiger charge is 2.25. The summed E-state index contributed by atoms with van der Waals surface area (Å²) in [5.41, 5.74) is 11.2. The molecule has 5 heteroatoms. The Morgan fingerprint density at radius 2 is 2.08 bits per heavy atom. The molecule has 0 heterocycles. The van der Waals surface area contributed by atoms with Gasteiger partial charge in [-0.2, -0.15) is 0 Å². The minimum absolute atomic E-state index is 0.190. The molecule has 0 saturated heterocycles. The van der Waals surface area contributed by atoms with Gasteiger partial charge in [-0.3, -0.25) is 0 Å². The summed E-state index contributed by atoms with van der Waals surface area (Å²) in [5.74, 6) is 0. The van der Waals surface area contributed by atoms with Crippen LogP contribution in [0.2, 0.25) is 0 Å². The van der Waals surface area contributed by atoms with E-state index in [1.165, 1.54) is 6.08 Å². The van der Waals surface area contributed by atoms with E-state index in [2.05, 4.69) is 0 Å². The molecule has 0 amide bonds. The average molecular weight is 202 g/mol. The van der Waals surface area contributed by atoms with Crippen LogP contribution in [-0.2, 0) is 9.84 Å². The molecule has 0 saturated carbocycles. The molecule has 1 atom stereocenters. The topological polar surface area (TPSA) is 86.2 Å². The van der Waals surface area contributed by atoms with Crippen LogP contribution in [0.5, 0.6) is 0 Å². The van der Waals surface area contributed by atoms with Crippen molar-refractivity contribution in [3.8, 4) is 0 Å². The maximum atomic E-state index is 11.2.